The molecule has 0 radical (unpaired) electrons. The van der Waals surface area contributed by atoms with Gasteiger partial charge in [0.25, 0.3) is 0 Å². The molecular formula is C12H15BrF3NO. The molecule has 0 atom stereocenters. The first-order valence-corrected chi connectivity index (χ1v) is 6.44. The SMILES string of the molecule is CCCNCCOc1ccc(C(F)(F)F)cc1Br. The van der Waals surface area contributed by atoms with Crippen molar-refractivity contribution in [3.63, 3.8) is 0 Å². The first kappa shape index (κ1) is 15.3. The van der Waals surface area contributed by atoms with Crippen LogP contribution in [0.3, 0.4) is 0 Å². The molecule has 1 aromatic carbocycles. The van der Waals surface area contributed by atoms with Crippen LogP contribution in [0.4, 0.5) is 13.2 Å². The molecule has 0 saturated heterocycles. The van der Waals surface area contributed by atoms with Crippen molar-refractivity contribution in [1.82, 2.24) is 5.32 Å². The minimum atomic E-state index is -4.33. The van der Waals surface area contributed by atoms with Crippen LogP contribution in [0.15, 0.2) is 22.7 Å². The molecule has 0 amide bonds. The third kappa shape index (κ3) is 4.86. The number of rotatable bonds is 6. The quantitative estimate of drug-likeness (QED) is 0.802. The summed E-state index contributed by atoms with van der Waals surface area (Å²) >= 11 is 3.08. The molecule has 6 heteroatoms. The topological polar surface area (TPSA) is 21.3 Å². The molecule has 18 heavy (non-hydrogen) atoms. The van der Waals surface area contributed by atoms with Gasteiger partial charge in [-0.1, -0.05) is 6.92 Å². The van der Waals surface area contributed by atoms with Crippen LogP contribution in [0.5, 0.6) is 5.75 Å². The van der Waals surface area contributed by atoms with Gasteiger partial charge in [-0.3, -0.25) is 0 Å². The number of nitrogens with one attached hydrogen (secondary N) is 1. The van der Waals surface area contributed by atoms with Gasteiger partial charge in [0, 0.05) is 6.54 Å². The summed E-state index contributed by atoms with van der Waals surface area (Å²) in [6, 6.07) is 3.36. The van der Waals surface area contributed by atoms with E-state index in [2.05, 4.69) is 28.2 Å². The highest BCUT2D eigenvalue weighted by molar-refractivity contribution is 9.10. The predicted octanol–water partition coefficient (Wildman–Crippen LogP) is 3.85. The predicted molar refractivity (Wildman–Crippen MR) is 67.8 cm³/mol. The van der Waals surface area contributed by atoms with E-state index in [1.165, 1.54) is 6.07 Å². The fourth-order valence-corrected chi connectivity index (χ4v) is 1.82. The molecular weight excluding hydrogens is 311 g/mol. The highest BCUT2D eigenvalue weighted by Crippen LogP contribution is 2.34. The van der Waals surface area contributed by atoms with Gasteiger partial charge in [-0.05, 0) is 47.1 Å². The van der Waals surface area contributed by atoms with Crippen molar-refractivity contribution in [2.24, 2.45) is 0 Å². The van der Waals surface area contributed by atoms with Gasteiger partial charge >= 0.3 is 6.18 Å². The van der Waals surface area contributed by atoms with Crippen molar-refractivity contribution in [3.8, 4) is 5.75 Å². The molecule has 102 valence electrons. The lowest BCUT2D eigenvalue weighted by Crippen LogP contribution is -2.21. The summed E-state index contributed by atoms with van der Waals surface area (Å²) in [7, 11) is 0. The highest BCUT2D eigenvalue weighted by atomic mass is 79.9. The van der Waals surface area contributed by atoms with Crippen LogP contribution in [0.25, 0.3) is 0 Å². The molecule has 0 spiro atoms. The lowest BCUT2D eigenvalue weighted by molar-refractivity contribution is -0.137. The molecule has 0 heterocycles. The van der Waals surface area contributed by atoms with E-state index in [1.807, 2.05) is 0 Å². The molecule has 0 saturated carbocycles. The van der Waals surface area contributed by atoms with E-state index in [4.69, 9.17) is 4.74 Å². The average Bonchev–Trinajstić information content (AvgIpc) is 2.29. The fraction of sp³-hybridized carbons (Fsp3) is 0.500. The number of halogens is 4. The van der Waals surface area contributed by atoms with Crippen molar-refractivity contribution in [1.29, 1.82) is 0 Å². The molecule has 0 aliphatic carbocycles. The monoisotopic (exact) mass is 325 g/mol. The third-order valence-corrected chi connectivity index (χ3v) is 2.84. The van der Waals surface area contributed by atoms with Gasteiger partial charge in [0.15, 0.2) is 0 Å². The summed E-state index contributed by atoms with van der Waals surface area (Å²) in [6.07, 6.45) is -3.30. The molecule has 0 unspecified atom stereocenters. The smallest absolute Gasteiger partial charge is 0.416 e. The normalized spacial score (nSPS) is 11.6. The van der Waals surface area contributed by atoms with Gasteiger partial charge in [0.05, 0.1) is 10.0 Å². The van der Waals surface area contributed by atoms with E-state index in [0.717, 1.165) is 25.1 Å². The van der Waals surface area contributed by atoms with Crippen molar-refractivity contribution in [2.75, 3.05) is 19.7 Å². The number of alkyl halides is 3. The summed E-state index contributed by atoms with van der Waals surface area (Å²) in [5.74, 6) is 0.418. The highest BCUT2D eigenvalue weighted by Gasteiger charge is 2.30. The average molecular weight is 326 g/mol. The standard InChI is InChI=1S/C12H15BrF3NO/c1-2-5-17-6-7-18-11-4-3-9(8-10(11)13)12(14,15)16/h3-4,8,17H,2,5-7H2,1H3. The van der Waals surface area contributed by atoms with Crippen LogP contribution >= 0.6 is 15.9 Å². The van der Waals surface area contributed by atoms with Crippen molar-refractivity contribution < 1.29 is 17.9 Å². The maximum atomic E-state index is 12.4. The second-order valence-electron chi connectivity index (χ2n) is 3.74. The van der Waals surface area contributed by atoms with Gasteiger partial charge in [0.1, 0.15) is 12.4 Å². The molecule has 0 aliphatic heterocycles. The van der Waals surface area contributed by atoms with E-state index in [9.17, 15) is 13.2 Å². The Kier molecular flexibility index (Phi) is 5.95. The lowest BCUT2D eigenvalue weighted by Gasteiger charge is -2.11. The largest absolute Gasteiger partial charge is 0.491 e. The summed E-state index contributed by atoms with van der Waals surface area (Å²) in [4.78, 5) is 0. The number of benzene rings is 1. The second-order valence-corrected chi connectivity index (χ2v) is 4.60. The number of hydrogen-bond acceptors (Lipinski definition) is 2. The van der Waals surface area contributed by atoms with E-state index in [1.54, 1.807) is 0 Å². The first-order valence-electron chi connectivity index (χ1n) is 5.65. The Balaban J connectivity index is 2.53. The van der Waals surface area contributed by atoms with E-state index < -0.39 is 11.7 Å². The number of ether oxygens (including phenoxy) is 1. The van der Waals surface area contributed by atoms with Gasteiger partial charge < -0.3 is 10.1 Å². The van der Waals surface area contributed by atoms with Crippen LogP contribution in [-0.4, -0.2) is 19.7 Å². The zero-order valence-electron chi connectivity index (χ0n) is 9.98. The van der Waals surface area contributed by atoms with Crippen LogP contribution in [0.1, 0.15) is 18.9 Å². The van der Waals surface area contributed by atoms with E-state index in [0.29, 0.717) is 23.4 Å². The Labute approximate surface area is 113 Å². The van der Waals surface area contributed by atoms with Crippen LogP contribution in [0, 0.1) is 0 Å². The Hall–Kier alpha value is -0.750. The van der Waals surface area contributed by atoms with Crippen molar-refractivity contribution >= 4 is 15.9 Å². The van der Waals surface area contributed by atoms with Gasteiger partial charge in [-0.2, -0.15) is 13.2 Å². The van der Waals surface area contributed by atoms with Crippen LogP contribution in [0.2, 0.25) is 0 Å². The summed E-state index contributed by atoms with van der Waals surface area (Å²) in [6.45, 7) is 4.04. The van der Waals surface area contributed by atoms with E-state index >= 15 is 0 Å². The summed E-state index contributed by atoms with van der Waals surface area (Å²) in [5, 5.41) is 3.14. The molecule has 0 bridgehead atoms. The molecule has 0 fully saturated rings. The lowest BCUT2D eigenvalue weighted by atomic mass is 10.2. The number of hydrogen-bond donors (Lipinski definition) is 1. The maximum Gasteiger partial charge on any atom is 0.416 e. The van der Waals surface area contributed by atoms with Gasteiger partial charge in [-0.25, -0.2) is 0 Å². The maximum absolute atomic E-state index is 12.4. The molecule has 1 N–H and O–H groups in total. The van der Waals surface area contributed by atoms with Crippen LogP contribution in [-0.2, 0) is 6.18 Å². The van der Waals surface area contributed by atoms with Gasteiger partial charge in [-0.15, -0.1) is 0 Å². The van der Waals surface area contributed by atoms with Crippen molar-refractivity contribution in [3.05, 3.63) is 28.2 Å². The second kappa shape index (κ2) is 6.99. The molecule has 1 aromatic rings. The van der Waals surface area contributed by atoms with E-state index in [-0.39, 0.29) is 0 Å². The first-order chi connectivity index (χ1) is 8.45. The Bertz CT molecular complexity index is 382. The zero-order valence-corrected chi connectivity index (χ0v) is 11.6. The van der Waals surface area contributed by atoms with Gasteiger partial charge in [0.2, 0.25) is 0 Å². The third-order valence-electron chi connectivity index (χ3n) is 2.22. The van der Waals surface area contributed by atoms with Crippen molar-refractivity contribution in [2.45, 2.75) is 19.5 Å². The Morgan fingerprint density at radius 3 is 2.56 bits per heavy atom. The molecule has 2 nitrogen and oxygen atoms in total. The summed E-state index contributed by atoms with van der Waals surface area (Å²) in [5.41, 5.74) is -0.689. The molecule has 0 aliphatic rings. The summed E-state index contributed by atoms with van der Waals surface area (Å²) < 4.78 is 42.9. The molecule has 0 aromatic heterocycles. The minimum Gasteiger partial charge on any atom is -0.491 e. The fourth-order valence-electron chi connectivity index (χ4n) is 1.33. The van der Waals surface area contributed by atoms with Crippen LogP contribution < -0.4 is 10.1 Å². The molecule has 1 rings (SSSR count). The zero-order chi connectivity index (χ0) is 13.6. The Morgan fingerprint density at radius 1 is 1.28 bits per heavy atom. The minimum absolute atomic E-state index is 0.313. The Morgan fingerprint density at radius 2 is 2.00 bits per heavy atom.